The van der Waals surface area contributed by atoms with E-state index in [4.69, 9.17) is 5.26 Å². The number of anilines is 2. The predicted molar refractivity (Wildman–Crippen MR) is 73.9 cm³/mol. The molecule has 0 unspecified atom stereocenters. The maximum Gasteiger partial charge on any atom is 0.259 e. The van der Waals surface area contributed by atoms with Crippen LogP contribution in [0.1, 0.15) is 5.56 Å². The highest BCUT2D eigenvalue weighted by molar-refractivity contribution is 6.05. The summed E-state index contributed by atoms with van der Waals surface area (Å²) in [4.78, 5) is 0. The lowest BCUT2D eigenvalue weighted by molar-refractivity contribution is -0.577. The van der Waals surface area contributed by atoms with Crippen LogP contribution in [0.4, 0.5) is 17.1 Å². The van der Waals surface area contributed by atoms with Crippen LogP contribution in [0.2, 0.25) is 0 Å². The highest BCUT2D eigenvalue weighted by Gasteiger charge is 2.14. The molecule has 2 aromatic carbocycles. The molecule has 0 aromatic heterocycles. The third-order valence-corrected chi connectivity index (χ3v) is 2.82. The smallest absolute Gasteiger partial charge is 0.259 e. The van der Waals surface area contributed by atoms with Crippen molar-refractivity contribution in [2.45, 2.75) is 0 Å². The van der Waals surface area contributed by atoms with Crippen LogP contribution in [0.3, 0.4) is 0 Å². The van der Waals surface area contributed by atoms with Crippen molar-refractivity contribution in [3.8, 4) is 6.07 Å². The third-order valence-electron chi connectivity index (χ3n) is 2.82. The van der Waals surface area contributed by atoms with Crippen molar-refractivity contribution in [1.29, 1.82) is 5.26 Å². The summed E-state index contributed by atoms with van der Waals surface area (Å²) in [5, 5.41) is 19.4. The molecular formula is C14H12N5+. The van der Waals surface area contributed by atoms with Gasteiger partial charge in [0.15, 0.2) is 5.69 Å². The number of hydrogen-bond donors (Lipinski definition) is 3. The van der Waals surface area contributed by atoms with Crippen LogP contribution in [0.5, 0.6) is 0 Å². The molecule has 2 aromatic rings. The summed E-state index contributed by atoms with van der Waals surface area (Å²) >= 11 is 0. The molecule has 0 saturated carbocycles. The molecule has 0 spiro atoms. The topological polar surface area (TPSA) is 76.8 Å². The van der Waals surface area contributed by atoms with E-state index in [1.165, 1.54) is 0 Å². The van der Waals surface area contributed by atoms with E-state index in [0.29, 0.717) is 11.5 Å². The zero-order valence-electron chi connectivity index (χ0n) is 10.1. The van der Waals surface area contributed by atoms with E-state index in [2.05, 4.69) is 21.8 Å². The van der Waals surface area contributed by atoms with Crippen LogP contribution >= 0.6 is 0 Å². The number of fused-ring (bicyclic) bond motifs is 1. The van der Waals surface area contributed by atoms with Crippen molar-refractivity contribution in [2.75, 3.05) is 10.6 Å². The first-order chi connectivity index (χ1) is 9.35. The summed E-state index contributed by atoms with van der Waals surface area (Å²) in [6.07, 6.45) is 0. The lowest BCUT2D eigenvalue weighted by atomic mass is 10.2. The largest absolute Gasteiger partial charge is 0.322 e. The van der Waals surface area contributed by atoms with Crippen LogP contribution in [-0.4, -0.2) is 5.96 Å². The SMILES string of the molecule is N#Cc1ccc(NC2=N[NH2+]c3ccccc3N2)cc1. The van der Waals surface area contributed by atoms with Crippen LogP contribution in [-0.2, 0) is 0 Å². The van der Waals surface area contributed by atoms with Crippen molar-refractivity contribution in [3.63, 3.8) is 0 Å². The van der Waals surface area contributed by atoms with Gasteiger partial charge in [0.25, 0.3) is 5.96 Å². The van der Waals surface area contributed by atoms with E-state index < -0.39 is 0 Å². The molecule has 1 heterocycles. The second kappa shape index (κ2) is 4.80. The Hall–Kier alpha value is -2.84. The van der Waals surface area contributed by atoms with Gasteiger partial charge >= 0.3 is 0 Å². The van der Waals surface area contributed by atoms with Crippen LogP contribution in [0.25, 0.3) is 0 Å². The predicted octanol–water partition coefficient (Wildman–Crippen LogP) is 1.56. The average molecular weight is 250 g/mol. The molecule has 5 heteroatoms. The molecule has 0 amide bonds. The second-order valence-corrected chi connectivity index (χ2v) is 4.13. The zero-order valence-corrected chi connectivity index (χ0v) is 10.1. The van der Waals surface area contributed by atoms with Crippen molar-refractivity contribution in [3.05, 3.63) is 54.1 Å². The Morgan fingerprint density at radius 2 is 1.89 bits per heavy atom. The van der Waals surface area contributed by atoms with Crippen molar-refractivity contribution in [1.82, 2.24) is 0 Å². The summed E-state index contributed by atoms with van der Waals surface area (Å²) in [5.41, 5.74) is 5.43. The van der Waals surface area contributed by atoms with Gasteiger partial charge in [0.1, 0.15) is 5.69 Å². The van der Waals surface area contributed by atoms with Gasteiger partial charge in [-0.25, -0.2) is 0 Å². The van der Waals surface area contributed by atoms with Gasteiger partial charge in [-0.3, -0.25) is 0 Å². The summed E-state index contributed by atoms with van der Waals surface area (Å²) in [6, 6.07) is 17.3. The molecule has 0 radical (unpaired) electrons. The maximum atomic E-state index is 8.75. The zero-order chi connectivity index (χ0) is 13.1. The van der Waals surface area contributed by atoms with Gasteiger partial charge in [0.05, 0.1) is 11.6 Å². The molecule has 1 aliphatic rings. The number of guanidine groups is 1. The monoisotopic (exact) mass is 250 g/mol. The highest BCUT2D eigenvalue weighted by atomic mass is 15.4. The fourth-order valence-corrected chi connectivity index (χ4v) is 1.85. The van der Waals surface area contributed by atoms with Crippen molar-refractivity contribution in [2.24, 2.45) is 5.10 Å². The lowest BCUT2D eigenvalue weighted by Crippen LogP contribution is -2.74. The average Bonchev–Trinajstić information content (AvgIpc) is 2.48. The van der Waals surface area contributed by atoms with Gasteiger partial charge in [0, 0.05) is 11.8 Å². The molecule has 92 valence electrons. The van der Waals surface area contributed by atoms with Gasteiger partial charge in [-0.1, -0.05) is 12.1 Å². The second-order valence-electron chi connectivity index (χ2n) is 4.13. The van der Waals surface area contributed by atoms with Gasteiger partial charge in [0.2, 0.25) is 0 Å². The Balaban J connectivity index is 1.75. The fraction of sp³-hybridized carbons (Fsp3) is 0. The van der Waals surface area contributed by atoms with E-state index in [1.807, 2.05) is 41.8 Å². The highest BCUT2D eigenvalue weighted by Crippen LogP contribution is 2.18. The summed E-state index contributed by atoms with van der Waals surface area (Å²) in [6.45, 7) is 0. The molecule has 3 rings (SSSR count). The number of rotatable bonds is 1. The molecule has 4 N–H and O–H groups in total. The Bertz CT molecular complexity index is 667. The van der Waals surface area contributed by atoms with Crippen LogP contribution in [0.15, 0.2) is 53.6 Å². The minimum Gasteiger partial charge on any atom is -0.322 e. The van der Waals surface area contributed by atoms with E-state index in [0.717, 1.165) is 17.1 Å². The van der Waals surface area contributed by atoms with E-state index >= 15 is 0 Å². The fourth-order valence-electron chi connectivity index (χ4n) is 1.85. The molecule has 0 bridgehead atoms. The molecule has 5 nitrogen and oxygen atoms in total. The summed E-state index contributed by atoms with van der Waals surface area (Å²) < 4.78 is 0. The molecule has 0 saturated heterocycles. The maximum absolute atomic E-state index is 8.75. The molecular weight excluding hydrogens is 238 g/mol. The molecule has 0 atom stereocenters. The number of nitriles is 1. The molecule has 0 aliphatic carbocycles. The number of hydrogen-bond acceptors (Lipinski definition) is 4. The number of benzene rings is 2. The molecule has 19 heavy (non-hydrogen) atoms. The lowest BCUT2D eigenvalue weighted by Gasteiger charge is -2.15. The van der Waals surface area contributed by atoms with Gasteiger partial charge in [-0.2, -0.15) is 10.7 Å². The van der Waals surface area contributed by atoms with Crippen molar-refractivity contribution >= 4 is 23.0 Å². The minimum absolute atomic E-state index is 0.640. The number of para-hydroxylation sites is 1. The number of quaternary nitrogens is 1. The first-order valence-corrected chi connectivity index (χ1v) is 5.89. The third kappa shape index (κ3) is 2.39. The standard InChI is InChI=1S/C14H11N5/c15-9-10-5-7-11(8-6-10)16-14-17-12-3-1-2-4-13(12)18-19-14/h1-8,18H,(H2,16,17,19)/p+1. The van der Waals surface area contributed by atoms with E-state index in [-0.39, 0.29) is 0 Å². The van der Waals surface area contributed by atoms with Gasteiger partial charge in [-0.15, -0.1) is 0 Å². The molecule has 1 aliphatic heterocycles. The van der Waals surface area contributed by atoms with Gasteiger partial charge < -0.3 is 10.6 Å². The first kappa shape index (κ1) is 11.3. The van der Waals surface area contributed by atoms with Crippen LogP contribution < -0.4 is 16.1 Å². The van der Waals surface area contributed by atoms with Crippen molar-refractivity contribution < 1.29 is 5.43 Å². The number of nitrogens with one attached hydrogen (secondary N) is 2. The quantitative estimate of drug-likeness (QED) is 0.531. The number of nitrogens with zero attached hydrogens (tertiary/aromatic N) is 2. The Labute approximate surface area is 110 Å². The summed E-state index contributed by atoms with van der Waals surface area (Å²) in [7, 11) is 0. The number of nitrogens with two attached hydrogens (primary N) is 1. The normalized spacial score (nSPS) is 12.7. The van der Waals surface area contributed by atoms with E-state index in [9.17, 15) is 0 Å². The van der Waals surface area contributed by atoms with E-state index in [1.54, 1.807) is 12.1 Å². The van der Waals surface area contributed by atoms with Gasteiger partial charge in [-0.05, 0) is 35.4 Å². The Morgan fingerprint density at radius 1 is 1.11 bits per heavy atom. The van der Waals surface area contributed by atoms with Crippen LogP contribution in [0, 0.1) is 11.3 Å². The Morgan fingerprint density at radius 3 is 2.68 bits per heavy atom. The summed E-state index contributed by atoms with van der Waals surface area (Å²) in [5.74, 6) is 0.670. The minimum atomic E-state index is 0.640. The Kier molecular flexibility index (Phi) is 2.85. The first-order valence-electron chi connectivity index (χ1n) is 5.89. The molecule has 0 fully saturated rings.